The van der Waals surface area contributed by atoms with Crippen molar-refractivity contribution in [1.29, 1.82) is 0 Å². The Morgan fingerprint density at radius 1 is 0.280 bits per heavy atom. The minimum absolute atomic E-state index is 0. The summed E-state index contributed by atoms with van der Waals surface area (Å²) in [5.41, 5.74) is 7.98. The average molecular weight is 1240 g/mol. The van der Waals surface area contributed by atoms with Gasteiger partial charge in [-0.3, -0.25) is 39.9 Å². The van der Waals surface area contributed by atoms with Crippen LogP contribution in [0.15, 0.2) is 239 Å². The predicted molar refractivity (Wildman–Crippen MR) is 320 cm³/mol. The number of hydrogen-bond donors (Lipinski definition) is 0. The fraction of sp³-hybridized carbons (Fsp3) is 0. The normalized spacial score (nSPS) is 11.0. The molecule has 12 aromatic rings. The van der Waals surface area contributed by atoms with Crippen molar-refractivity contribution in [3.8, 4) is 23.0 Å². The molecule has 0 aliphatic rings. The van der Waals surface area contributed by atoms with Crippen molar-refractivity contribution >= 4 is 138 Å². The van der Waals surface area contributed by atoms with Crippen LogP contribution in [-0.4, -0.2) is 44.8 Å². The molecule has 0 spiro atoms. The number of hydrogen-bond acceptors (Lipinski definition) is 12. The molecule has 0 bridgehead atoms. The molecule has 0 fully saturated rings. The molecule has 0 N–H and O–H groups in total. The van der Waals surface area contributed by atoms with E-state index in [9.17, 15) is 20.4 Å². The molecule has 8 aromatic carbocycles. The number of aromatic nitrogens is 4. The van der Waals surface area contributed by atoms with E-state index < -0.39 is 0 Å². The van der Waals surface area contributed by atoms with Gasteiger partial charge in [-0.2, -0.15) is 0 Å². The monoisotopic (exact) mass is 1240 g/mol. The van der Waals surface area contributed by atoms with E-state index in [0.29, 0.717) is 42.3 Å². The summed E-state index contributed by atoms with van der Waals surface area (Å²) in [6.45, 7) is 0. The number of halogens is 4. The number of pyridine rings is 4. The van der Waals surface area contributed by atoms with Crippen LogP contribution in [0, 0.1) is 0 Å². The van der Waals surface area contributed by atoms with Gasteiger partial charge in [-0.15, -0.1) is 0 Å². The maximum absolute atomic E-state index is 11.7. The van der Waals surface area contributed by atoms with Crippen LogP contribution in [0.5, 0.6) is 23.0 Å². The summed E-state index contributed by atoms with van der Waals surface area (Å²) in [6.07, 6.45) is 13.0. The third kappa shape index (κ3) is 16.3. The first kappa shape index (κ1) is 61.1. The molecule has 12 rings (SSSR count). The Bertz CT molecular complexity index is 3740. The Kier molecular flexibility index (Phi) is 22.2. The van der Waals surface area contributed by atoms with Crippen LogP contribution >= 0.6 is 46.4 Å². The molecule has 18 heteroatoms. The Balaban J connectivity index is 0.000000156. The second kappa shape index (κ2) is 29.8. The molecule has 82 heavy (non-hydrogen) atoms. The van der Waals surface area contributed by atoms with Gasteiger partial charge in [0.25, 0.3) is 0 Å². The smallest absolute Gasteiger partial charge is 0.872 e. The largest absolute Gasteiger partial charge is 2.00 e. The molecule has 0 amide bonds. The van der Waals surface area contributed by atoms with Gasteiger partial charge in [-0.1, -0.05) is 166 Å². The van der Waals surface area contributed by atoms with E-state index in [1.54, 1.807) is 73.3 Å². The van der Waals surface area contributed by atoms with E-state index in [0.717, 1.165) is 66.4 Å². The molecule has 0 aliphatic heterocycles. The van der Waals surface area contributed by atoms with Gasteiger partial charge in [0, 0.05) is 91.3 Å². The summed E-state index contributed by atoms with van der Waals surface area (Å²) in [6, 6.07) is 56.8. The molecule has 0 radical (unpaired) electrons. The summed E-state index contributed by atoms with van der Waals surface area (Å²) in [5.74, 6) is -0.421. The summed E-state index contributed by atoms with van der Waals surface area (Å²) in [4.78, 5) is 34.7. The first-order valence-electron chi connectivity index (χ1n) is 24.3. The van der Waals surface area contributed by atoms with Crippen LogP contribution in [0.4, 0.5) is 22.7 Å². The van der Waals surface area contributed by atoms with Gasteiger partial charge in [0.1, 0.15) is 0 Å². The summed E-state index contributed by atoms with van der Waals surface area (Å²) >= 11 is 23.5. The van der Waals surface area contributed by atoms with E-state index in [-0.39, 0.29) is 57.1 Å². The van der Waals surface area contributed by atoms with Gasteiger partial charge in [0.2, 0.25) is 0 Å². The molecular formula is C64H40Cl4Fe2N8O4. The number of aliphatic imine (C=N–C) groups is 4. The Hall–Kier alpha value is -8.52. The molecule has 12 nitrogen and oxygen atoms in total. The molecular weight excluding hydrogens is 1200 g/mol. The summed E-state index contributed by atoms with van der Waals surface area (Å²) in [5, 5.41) is 52.9. The first-order chi connectivity index (χ1) is 38.9. The van der Waals surface area contributed by atoms with E-state index >= 15 is 0 Å². The van der Waals surface area contributed by atoms with Crippen LogP contribution in [0.2, 0.25) is 20.1 Å². The van der Waals surface area contributed by atoms with Gasteiger partial charge in [-0.05, 0) is 119 Å². The number of nitrogens with zero attached hydrogens (tertiary/aromatic N) is 8. The second-order valence-electron chi connectivity index (χ2n) is 17.2. The van der Waals surface area contributed by atoms with Crippen LogP contribution in [-0.2, 0) is 34.1 Å². The fourth-order valence-corrected chi connectivity index (χ4v) is 8.53. The van der Waals surface area contributed by atoms with Gasteiger partial charge in [0.15, 0.2) is 0 Å². The van der Waals surface area contributed by atoms with Crippen LogP contribution in [0.3, 0.4) is 0 Å². The maximum atomic E-state index is 11.7. The zero-order valence-electron chi connectivity index (χ0n) is 42.5. The standard InChI is InChI=1S/4C16H11ClN2O.2Fe/c4*17-13-6-7-15(20)12(9-13)10-19-14-5-1-3-11-4-2-8-18-16(11)14;;/h4*1-10,20H;;/q;;;;2*+2/p-4. The molecule has 404 valence electrons. The van der Waals surface area contributed by atoms with Crippen molar-refractivity contribution in [2.45, 2.75) is 0 Å². The van der Waals surface area contributed by atoms with Gasteiger partial charge >= 0.3 is 34.1 Å². The van der Waals surface area contributed by atoms with Crippen LogP contribution in [0.25, 0.3) is 43.6 Å². The van der Waals surface area contributed by atoms with Crippen LogP contribution in [0.1, 0.15) is 22.3 Å². The fourth-order valence-electron chi connectivity index (χ4n) is 7.81. The number of rotatable bonds is 8. The second-order valence-corrected chi connectivity index (χ2v) is 18.9. The van der Waals surface area contributed by atoms with Gasteiger partial charge in [0.05, 0.1) is 44.8 Å². The quantitative estimate of drug-likeness (QED) is 0.106. The van der Waals surface area contributed by atoms with Crippen molar-refractivity contribution in [2.24, 2.45) is 20.0 Å². The number of benzene rings is 8. The summed E-state index contributed by atoms with van der Waals surface area (Å²) < 4.78 is 0. The molecule has 0 saturated carbocycles. The Morgan fingerprint density at radius 3 is 0.707 bits per heavy atom. The Labute approximate surface area is 512 Å². The minimum atomic E-state index is -0.105. The maximum Gasteiger partial charge on any atom is 2.00 e. The average Bonchev–Trinajstić information content (AvgIpc) is 3.66. The predicted octanol–water partition coefficient (Wildman–Crippen LogP) is 14.8. The zero-order chi connectivity index (χ0) is 55.8. The minimum Gasteiger partial charge on any atom is -0.872 e. The van der Waals surface area contributed by atoms with Gasteiger partial charge < -0.3 is 20.4 Å². The van der Waals surface area contributed by atoms with Crippen molar-refractivity contribution in [2.75, 3.05) is 0 Å². The number of fused-ring (bicyclic) bond motifs is 4. The van der Waals surface area contributed by atoms with E-state index in [1.165, 1.54) is 49.1 Å². The van der Waals surface area contributed by atoms with Crippen molar-refractivity contribution in [1.82, 2.24) is 19.9 Å². The van der Waals surface area contributed by atoms with Crippen LogP contribution < -0.4 is 20.4 Å². The van der Waals surface area contributed by atoms with E-state index in [4.69, 9.17) is 46.4 Å². The van der Waals surface area contributed by atoms with Crippen molar-refractivity contribution in [3.63, 3.8) is 0 Å². The zero-order valence-corrected chi connectivity index (χ0v) is 47.8. The number of para-hydroxylation sites is 4. The topological polar surface area (TPSA) is 193 Å². The van der Waals surface area contributed by atoms with Gasteiger partial charge in [-0.25, -0.2) is 0 Å². The molecule has 0 saturated heterocycles. The molecule has 4 heterocycles. The first-order valence-corrected chi connectivity index (χ1v) is 25.8. The molecule has 0 aliphatic carbocycles. The summed E-state index contributed by atoms with van der Waals surface area (Å²) in [7, 11) is 0. The third-order valence-electron chi connectivity index (χ3n) is 11.7. The van der Waals surface area contributed by atoms with E-state index in [2.05, 4.69) is 39.9 Å². The molecule has 0 unspecified atom stereocenters. The van der Waals surface area contributed by atoms with Crippen molar-refractivity contribution < 1.29 is 54.6 Å². The third-order valence-corrected chi connectivity index (χ3v) is 12.6. The molecule has 4 aromatic heterocycles. The van der Waals surface area contributed by atoms with E-state index in [1.807, 2.05) is 121 Å². The van der Waals surface area contributed by atoms with Crippen molar-refractivity contribution in [3.05, 3.63) is 261 Å². The Morgan fingerprint density at radius 2 is 0.488 bits per heavy atom. The SMILES string of the molecule is [Fe+2].[Fe+2].[O-]c1ccc(Cl)cc1C=Nc1cccc2cccnc12.[O-]c1ccc(Cl)cc1C=Nc1cccc2cccnc12.[O-]c1ccc(Cl)cc1C=Nc1cccc2cccnc12.[O-]c1ccc(Cl)cc1C=Nc1cccc2cccnc12. The molecule has 0 atom stereocenters.